The number of carbonyl (C=O) groups excluding carboxylic acids is 1. The molecule has 0 aromatic rings. The molecule has 1 aliphatic rings. The van der Waals surface area contributed by atoms with Crippen LogP contribution in [-0.4, -0.2) is 49.6 Å². The van der Waals surface area contributed by atoms with Gasteiger partial charge in [-0.05, 0) is 46.7 Å². The lowest BCUT2D eigenvalue weighted by Crippen LogP contribution is -2.36. The zero-order valence-corrected chi connectivity index (χ0v) is 10.8. The van der Waals surface area contributed by atoms with E-state index in [-0.39, 0.29) is 5.91 Å². The van der Waals surface area contributed by atoms with Gasteiger partial charge in [-0.3, -0.25) is 4.79 Å². The Bertz CT molecular complexity index is 214. The van der Waals surface area contributed by atoms with Gasteiger partial charge in [-0.15, -0.1) is 0 Å². The Kier molecular flexibility index (Phi) is 5.77. The van der Waals surface area contributed by atoms with E-state index < -0.39 is 0 Å². The molecule has 0 atom stereocenters. The topological polar surface area (TPSA) is 44.4 Å². The highest BCUT2D eigenvalue weighted by atomic mass is 16.1. The molecule has 0 aromatic carbocycles. The van der Waals surface area contributed by atoms with Crippen LogP contribution in [0.25, 0.3) is 0 Å². The van der Waals surface area contributed by atoms with Crippen LogP contribution < -0.4 is 10.6 Å². The first-order chi connectivity index (χ1) is 7.59. The average Bonchev–Trinajstić information content (AvgIpc) is 3.04. The summed E-state index contributed by atoms with van der Waals surface area (Å²) in [6, 6.07) is 1.19. The number of hydrogen-bond acceptors (Lipinski definition) is 3. The van der Waals surface area contributed by atoms with Crippen LogP contribution in [0.15, 0.2) is 0 Å². The Morgan fingerprint density at radius 3 is 2.69 bits per heavy atom. The highest BCUT2D eigenvalue weighted by Gasteiger charge is 2.20. The van der Waals surface area contributed by atoms with Gasteiger partial charge in [-0.2, -0.15) is 0 Å². The summed E-state index contributed by atoms with van der Waals surface area (Å²) in [5, 5.41) is 6.13. The molecule has 0 aliphatic heterocycles. The molecule has 0 saturated heterocycles. The van der Waals surface area contributed by atoms with Crippen molar-refractivity contribution in [2.24, 2.45) is 0 Å². The second kappa shape index (κ2) is 6.86. The SMILES string of the molecule is CC(C)N(C)CCCNC(=O)CNC1CC1. The minimum Gasteiger partial charge on any atom is -0.355 e. The van der Waals surface area contributed by atoms with Crippen molar-refractivity contribution in [3.05, 3.63) is 0 Å². The molecular weight excluding hydrogens is 202 g/mol. The summed E-state index contributed by atoms with van der Waals surface area (Å²) in [4.78, 5) is 13.7. The summed E-state index contributed by atoms with van der Waals surface area (Å²) in [5.74, 6) is 0.124. The third-order valence-corrected chi connectivity index (χ3v) is 3.02. The van der Waals surface area contributed by atoms with E-state index in [0.29, 0.717) is 18.6 Å². The zero-order valence-electron chi connectivity index (χ0n) is 10.8. The van der Waals surface area contributed by atoms with Gasteiger partial charge in [-0.25, -0.2) is 0 Å². The van der Waals surface area contributed by atoms with Crippen LogP contribution >= 0.6 is 0 Å². The number of nitrogens with zero attached hydrogens (tertiary/aromatic N) is 1. The van der Waals surface area contributed by atoms with Gasteiger partial charge in [0.25, 0.3) is 0 Å². The molecule has 1 amide bonds. The summed E-state index contributed by atoms with van der Waals surface area (Å²) >= 11 is 0. The summed E-state index contributed by atoms with van der Waals surface area (Å²) < 4.78 is 0. The van der Waals surface area contributed by atoms with Crippen molar-refractivity contribution in [2.75, 3.05) is 26.7 Å². The van der Waals surface area contributed by atoms with Crippen LogP contribution in [-0.2, 0) is 4.79 Å². The molecule has 4 heteroatoms. The smallest absolute Gasteiger partial charge is 0.233 e. The Labute approximate surface area is 98.8 Å². The van der Waals surface area contributed by atoms with Crippen molar-refractivity contribution in [3.8, 4) is 0 Å². The Morgan fingerprint density at radius 1 is 1.44 bits per heavy atom. The monoisotopic (exact) mass is 227 g/mol. The summed E-state index contributed by atoms with van der Waals surface area (Å²) in [7, 11) is 2.11. The van der Waals surface area contributed by atoms with Crippen LogP contribution in [0, 0.1) is 0 Å². The van der Waals surface area contributed by atoms with Gasteiger partial charge >= 0.3 is 0 Å². The second-order valence-electron chi connectivity index (χ2n) is 4.93. The van der Waals surface area contributed by atoms with Crippen LogP contribution in [0.4, 0.5) is 0 Å². The number of carbonyl (C=O) groups is 1. The van der Waals surface area contributed by atoms with E-state index in [9.17, 15) is 4.79 Å². The molecule has 1 rings (SSSR count). The molecular formula is C12H25N3O. The number of hydrogen-bond donors (Lipinski definition) is 2. The first kappa shape index (κ1) is 13.5. The average molecular weight is 227 g/mol. The first-order valence-electron chi connectivity index (χ1n) is 6.30. The van der Waals surface area contributed by atoms with E-state index in [1.54, 1.807) is 0 Å². The summed E-state index contributed by atoms with van der Waals surface area (Å²) in [6.07, 6.45) is 3.47. The maximum atomic E-state index is 11.4. The quantitative estimate of drug-likeness (QED) is 0.596. The van der Waals surface area contributed by atoms with Crippen LogP contribution in [0.5, 0.6) is 0 Å². The fraction of sp³-hybridized carbons (Fsp3) is 0.917. The van der Waals surface area contributed by atoms with Gasteiger partial charge in [0.1, 0.15) is 0 Å². The normalized spacial score (nSPS) is 15.8. The molecule has 4 nitrogen and oxygen atoms in total. The van der Waals surface area contributed by atoms with Gasteiger partial charge in [-0.1, -0.05) is 0 Å². The van der Waals surface area contributed by atoms with Gasteiger partial charge in [0.05, 0.1) is 6.54 Å². The molecule has 0 spiro atoms. The maximum Gasteiger partial charge on any atom is 0.233 e. The van der Waals surface area contributed by atoms with Gasteiger partial charge < -0.3 is 15.5 Å². The number of nitrogens with one attached hydrogen (secondary N) is 2. The summed E-state index contributed by atoms with van der Waals surface area (Å²) in [5.41, 5.74) is 0. The largest absolute Gasteiger partial charge is 0.355 e. The molecule has 94 valence electrons. The van der Waals surface area contributed by atoms with Gasteiger partial charge in [0.2, 0.25) is 5.91 Å². The maximum absolute atomic E-state index is 11.4. The van der Waals surface area contributed by atoms with Crippen LogP contribution in [0.1, 0.15) is 33.1 Å². The van der Waals surface area contributed by atoms with E-state index in [0.717, 1.165) is 19.5 Å². The van der Waals surface area contributed by atoms with Gasteiger partial charge in [0, 0.05) is 18.6 Å². The van der Waals surface area contributed by atoms with Gasteiger partial charge in [0.15, 0.2) is 0 Å². The Balaban J connectivity index is 1.91. The molecule has 0 radical (unpaired) electrons. The van der Waals surface area contributed by atoms with Crippen molar-refractivity contribution in [1.29, 1.82) is 0 Å². The van der Waals surface area contributed by atoms with Crippen molar-refractivity contribution < 1.29 is 4.79 Å². The second-order valence-corrected chi connectivity index (χ2v) is 4.93. The fourth-order valence-electron chi connectivity index (χ4n) is 1.40. The first-order valence-corrected chi connectivity index (χ1v) is 6.30. The molecule has 2 N–H and O–H groups in total. The van der Waals surface area contributed by atoms with E-state index in [1.165, 1.54) is 12.8 Å². The predicted octanol–water partition coefficient (Wildman–Crippen LogP) is 0.585. The van der Waals surface area contributed by atoms with Crippen molar-refractivity contribution in [2.45, 2.75) is 45.2 Å². The Morgan fingerprint density at radius 2 is 2.12 bits per heavy atom. The zero-order chi connectivity index (χ0) is 12.0. The van der Waals surface area contributed by atoms with Crippen LogP contribution in [0.3, 0.4) is 0 Å². The van der Waals surface area contributed by atoms with Crippen molar-refractivity contribution >= 4 is 5.91 Å². The molecule has 0 aromatic heterocycles. The summed E-state index contributed by atoms with van der Waals surface area (Å²) in [6.45, 7) is 6.65. The molecule has 1 aliphatic carbocycles. The molecule has 1 fully saturated rings. The lowest BCUT2D eigenvalue weighted by Gasteiger charge is -2.20. The highest BCUT2D eigenvalue weighted by Crippen LogP contribution is 2.17. The van der Waals surface area contributed by atoms with E-state index in [1.807, 2.05) is 0 Å². The molecule has 1 saturated carbocycles. The lowest BCUT2D eigenvalue weighted by atomic mass is 10.3. The van der Waals surface area contributed by atoms with Crippen molar-refractivity contribution in [1.82, 2.24) is 15.5 Å². The van der Waals surface area contributed by atoms with E-state index >= 15 is 0 Å². The van der Waals surface area contributed by atoms with Crippen LogP contribution in [0.2, 0.25) is 0 Å². The third kappa shape index (κ3) is 6.08. The number of rotatable bonds is 8. The fourth-order valence-corrected chi connectivity index (χ4v) is 1.40. The minimum atomic E-state index is 0.124. The third-order valence-electron chi connectivity index (χ3n) is 3.02. The molecule has 16 heavy (non-hydrogen) atoms. The van der Waals surface area contributed by atoms with E-state index in [2.05, 4.69) is 36.4 Å². The predicted molar refractivity (Wildman–Crippen MR) is 66.4 cm³/mol. The van der Waals surface area contributed by atoms with Crippen molar-refractivity contribution in [3.63, 3.8) is 0 Å². The molecule has 0 heterocycles. The molecule has 0 unspecified atom stereocenters. The van der Waals surface area contributed by atoms with E-state index in [4.69, 9.17) is 0 Å². The minimum absolute atomic E-state index is 0.124. The lowest BCUT2D eigenvalue weighted by molar-refractivity contribution is -0.120. The Hall–Kier alpha value is -0.610. The standard InChI is InChI=1S/C12H25N3O/c1-10(2)15(3)8-4-7-13-12(16)9-14-11-5-6-11/h10-11,14H,4-9H2,1-3H3,(H,13,16). The highest BCUT2D eigenvalue weighted by molar-refractivity contribution is 5.78. The number of amides is 1. The molecule has 0 bridgehead atoms.